The molecule has 1 N–H and O–H groups in total. The van der Waals surface area contributed by atoms with E-state index in [2.05, 4.69) is 11.9 Å². The highest BCUT2D eigenvalue weighted by atomic mass is 19.2. The second kappa shape index (κ2) is 4.56. The number of halogens is 2. The quantitative estimate of drug-likeness (QED) is 0.775. The van der Waals surface area contributed by atoms with Gasteiger partial charge < -0.3 is 5.32 Å². The standard InChI is InChI=1S/C11H10F2N2/c1-7(2)6-15-9-4-3-8(5-14)10(12)11(9)13/h3-4,15H,1,6H2,2H3. The van der Waals surface area contributed by atoms with Crippen molar-refractivity contribution in [1.29, 1.82) is 5.26 Å². The Morgan fingerprint density at radius 2 is 2.13 bits per heavy atom. The van der Waals surface area contributed by atoms with Crippen LogP contribution in [0, 0.1) is 23.0 Å². The van der Waals surface area contributed by atoms with Crippen molar-refractivity contribution >= 4 is 5.69 Å². The van der Waals surface area contributed by atoms with Gasteiger partial charge in [-0.1, -0.05) is 12.2 Å². The van der Waals surface area contributed by atoms with Crippen molar-refractivity contribution in [2.75, 3.05) is 11.9 Å². The number of anilines is 1. The second-order valence-corrected chi connectivity index (χ2v) is 3.21. The van der Waals surface area contributed by atoms with Gasteiger partial charge in [-0.25, -0.2) is 8.78 Å². The molecule has 0 aliphatic rings. The molecule has 0 saturated carbocycles. The Morgan fingerprint density at radius 1 is 1.47 bits per heavy atom. The van der Waals surface area contributed by atoms with Crippen molar-refractivity contribution < 1.29 is 8.78 Å². The Labute approximate surface area is 86.8 Å². The topological polar surface area (TPSA) is 35.8 Å². The Kier molecular flexibility index (Phi) is 3.40. The van der Waals surface area contributed by atoms with Crippen LogP contribution in [0.2, 0.25) is 0 Å². The first-order valence-corrected chi connectivity index (χ1v) is 4.32. The van der Waals surface area contributed by atoms with Crippen molar-refractivity contribution in [3.63, 3.8) is 0 Å². The van der Waals surface area contributed by atoms with Gasteiger partial charge in [0.15, 0.2) is 11.6 Å². The van der Waals surface area contributed by atoms with Crippen LogP contribution in [0.15, 0.2) is 24.3 Å². The molecule has 0 atom stereocenters. The van der Waals surface area contributed by atoms with E-state index in [1.807, 2.05) is 0 Å². The molecule has 2 nitrogen and oxygen atoms in total. The zero-order valence-electron chi connectivity index (χ0n) is 8.27. The highest BCUT2D eigenvalue weighted by molar-refractivity contribution is 5.50. The smallest absolute Gasteiger partial charge is 0.183 e. The largest absolute Gasteiger partial charge is 0.379 e. The zero-order valence-corrected chi connectivity index (χ0v) is 8.27. The molecule has 0 bridgehead atoms. The van der Waals surface area contributed by atoms with Gasteiger partial charge in [0.1, 0.15) is 6.07 Å². The van der Waals surface area contributed by atoms with E-state index in [1.54, 1.807) is 13.0 Å². The summed E-state index contributed by atoms with van der Waals surface area (Å²) in [6.45, 7) is 5.76. The van der Waals surface area contributed by atoms with Gasteiger partial charge in [0.2, 0.25) is 0 Å². The molecule has 0 aromatic heterocycles. The molecule has 1 aromatic rings. The maximum Gasteiger partial charge on any atom is 0.183 e. The summed E-state index contributed by atoms with van der Waals surface area (Å²) in [5.41, 5.74) is 0.544. The predicted octanol–water partition coefficient (Wildman–Crippen LogP) is 2.82. The third-order valence-electron chi connectivity index (χ3n) is 1.78. The molecule has 0 aliphatic heterocycles. The van der Waals surface area contributed by atoms with Gasteiger partial charge in [0.25, 0.3) is 0 Å². The van der Waals surface area contributed by atoms with E-state index in [4.69, 9.17) is 5.26 Å². The van der Waals surface area contributed by atoms with Gasteiger partial charge in [-0.05, 0) is 19.1 Å². The van der Waals surface area contributed by atoms with Crippen molar-refractivity contribution in [2.45, 2.75) is 6.92 Å². The van der Waals surface area contributed by atoms with Crippen molar-refractivity contribution in [1.82, 2.24) is 0 Å². The lowest BCUT2D eigenvalue weighted by Crippen LogP contribution is -2.05. The van der Waals surface area contributed by atoms with Crippen LogP contribution in [0.3, 0.4) is 0 Å². The summed E-state index contributed by atoms with van der Waals surface area (Å²) in [6, 6.07) is 4.14. The fraction of sp³-hybridized carbons (Fsp3) is 0.182. The Hall–Kier alpha value is -1.89. The first-order chi connectivity index (χ1) is 7.06. The van der Waals surface area contributed by atoms with E-state index in [9.17, 15) is 8.78 Å². The summed E-state index contributed by atoms with van der Waals surface area (Å²) in [7, 11) is 0. The lowest BCUT2D eigenvalue weighted by atomic mass is 10.2. The molecule has 15 heavy (non-hydrogen) atoms. The molecule has 0 unspecified atom stereocenters. The fourth-order valence-electron chi connectivity index (χ4n) is 1.02. The van der Waals surface area contributed by atoms with Crippen LogP contribution in [-0.4, -0.2) is 6.54 Å². The predicted molar refractivity (Wildman–Crippen MR) is 54.4 cm³/mol. The molecule has 0 heterocycles. The fourth-order valence-corrected chi connectivity index (χ4v) is 1.02. The van der Waals surface area contributed by atoms with E-state index < -0.39 is 11.6 Å². The minimum atomic E-state index is -1.12. The number of nitrogens with one attached hydrogen (secondary N) is 1. The van der Waals surface area contributed by atoms with Gasteiger partial charge in [0, 0.05) is 6.54 Å². The van der Waals surface area contributed by atoms with E-state index in [-0.39, 0.29) is 11.3 Å². The van der Waals surface area contributed by atoms with Crippen LogP contribution >= 0.6 is 0 Å². The van der Waals surface area contributed by atoms with Gasteiger partial charge >= 0.3 is 0 Å². The highest BCUT2D eigenvalue weighted by Gasteiger charge is 2.12. The number of hydrogen-bond acceptors (Lipinski definition) is 2. The van der Waals surface area contributed by atoms with Crippen LogP contribution in [0.25, 0.3) is 0 Å². The molecule has 1 aromatic carbocycles. The van der Waals surface area contributed by atoms with Crippen LogP contribution in [0.1, 0.15) is 12.5 Å². The van der Waals surface area contributed by atoms with Crippen LogP contribution in [0.4, 0.5) is 14.5 Å². The molecule has 0 spiro atoms. The van der Waals surface area contributed by atoms with Crippen LogP contribution < -0.4 is 5.32 Å². The normalized spacial score (nSPS) is 9.47. The Morgan fingerprint density at radius 3 is 2.67 bits per heavy atom. The monoisotopic (exact) mass is 208 g/mol. The second-order valence-electron chi connectivity index (χ2n) is 3.21. The summed E-state index contributed by atoms with van der Waals surface area (Å²) in [5.74, 6) is -2.15. The molecule has 0 amide bonds. The third-order valence-corrected chi connectivity index (χ3v) is 1.78. The van der Waals surface area contributed by atoms with Crippen LogP contribution in [-0.2, 0) is 0 Å². The van der Waals surface area contributed by atoms with Gasteiger partial charge in [-0.2, -0.15) is 5.26 Å². The molecule has 0 fully saturated rings. The molecule has 78 valence electrons. The van der Waals surface area contributed by atoms with E-state index in [1.165, 1.54) is 12.1 Å². The lowest BCUT2D eigenvalue weighted by molar-refractivity contribution is 0.509. The van der Waals surface area contributed by atoms with Crippen molar-refractivity contribution in [3.8, 4) is 6.07 Å². The number of nitriles is 1. The third kappa shape index (κ3) is 2.53. The number of nitrogens with zero attached hydrogens (tertiary/aromatic N) is 1. The van der Waals surface area contributed by atoms with Gasteiger partial charge in [-0.3, -0.25) is 0 Å². The summed E-state index contributed by atoms with van der Waals surface area (Å²) in [5, 5.41) is 11.1. The Bertz CT molecular complexity index is 433. The summed E-state index contributed by atoms with van der Waals surface area (Å²) >= 11 is 0. The minimum Gasteiger partial charge on any atom is -0.379 e. The van der Waals surface area contributed by atoms with E-state index in [0.29, 0.717) is 6.54 Å². The molecule has 0 radical (unpaired) electrons. The van der Waals surface area contributed by atoms with Gasteiger partial charge in [-0.15, -0.1) is 0 Å². The average molecular weight is 208 g/mol. The first-order valence-electron chi connectivity index (χ1n) is 4.32. The maximum atomic E-state index is 13.3. The number of rotatable bonds is 3. The molecule has 1 rings (SSSR count). The average Bonchev–Trinajstić information content (AvgIpc) is 2.20. The molecule has 0 aliphatic carbocycles. The first kappa shape index (κ1) is 11.2. The maximum absolute atomic E-state index is 13.3. The van der Waals surface area contributed by atoms with Crippen molar-refractivity contribution in [2.24, 2.45) is 0 Å². The summed E-state index contributed by atoms with van der Waals surface area (Å²) < 4.78 is 26.4. The summed E-state index contributed by atoms with van der Waals surface area (Å²) in [4.78, 5) is 0. The highest BCUT2D eigenvalue weighted by Crippen LogP contribution is 2.20. The lowest BCUT2D eigenvalue weighted by Gasteiger charge is -2.07. The van der Waals surface area contributed by atoms with E-state index in [0.717, 1.165) is 5.57 Å². The SMILES string of the molecule is C=C(C)CNc1ccc(C#N)c(F)c1F. The van der Waals surface area contributed by atoms with Gasteiger partial charge in [0.05, 0.1) is 11.3 Å². The Balaban J connectivity index is 2.98. The number of benzene rings is 1. The molecule has 4 heteroatoms. The van der Waals surface area contributed by atoms with Crippen LogP contribution in [0.5, 0.6) is 0 Å². The van der Waals surface area contributed by atoms with Crippen molar-refractivity contribution in [3.05, 3.63) is 41.5 Å². The molecular formula is C11H10F2N2. The summed E-state index contributed by atoms with van der Waals surface area (Å²) in [6.07, 6.45) is 0. The number of hydrogen-bond donors (Lipinski definition) is 1. The molecular weight excluding hydrogens is 198 g/mol. The zero-order chi connectivity index (χ0) is 11.4. The minimum absolute atomic E-state index is 0.0366. The molecule has 0 saturated heterocycles. The van der Waals surface area contributed by atoms with E-state index >= 15 is 0 Å².